The van der Waals surface area contributed by atoms with Crippen molar-refractivity contribution in [3.8, 4) is 28.1 Å². The number of tetrazole rings is 1. The highest BCUT2D eigenvalue weighted by Crippen LogP contribution is 2.34. The number of ether oxygens (including phenoxy) is 1. The lowest BCUT2D eigenvalue weighted by Crippen LogP contribution is -2.36. The van der Waals surface area contributed by atoms with Crippen LogP contribution in [0.4, 0.5) is 13.2 Å². The lowest BCUT2D eigenvalue weighted by Gasteiger charge is -2.22. The molecule has 0 spiro atoms. The Morgan fingerprint density at radius 3 is 2.59 bits per heavy atom. The summed E-state index contributed by atoms with van der Waals surface area (Å²) in [5.74, 6) is -0.741. The molecule has 41 heavy (non-hydrogen) atoms. The standard InChI is InChI=1S/C26H25ClF3N9O2/c1-26(2,3)41-11-9-20(36-13-17(12-33-36)19-8-10-32-39(19)25(29)30)21-6-4-16(14-38(21)40)23-22(37-15-31-34-35-37)7-5-18(27)24(23)28/h4-8,10,12-15,20,25H,9,11H2,1-3H3. The van der Waals surface area contributed by atoms with Crippen LogP contribution >= 0.6 is 11.6 Å². The number of benzene rings is 1. The fraction of sp³-hybridized carbons (Fsp3) is 0.308. The zero-order valence-electron chi connectivity index (χ0n) is 22.2. The predicted molar refractivity (Wildman–Crippen MR) is 142 cm³/mol. The van der Waals surface area contributed by atoms with E-state index < -0.39 is 24.0 Å². The summed E-state index contributed by atoms with van der Waals surface area (Å²) in [7, 11) is 0. The van der Waals surface area contributed by atoms with Crippen molar-refractivity contribution in [2.75, 3.05) is 6.61 Å². The van der Waals surface area contributed by atoms with Crippen LogP contribution in [0.25, 0.3) is 28.1 Å². The second-order valence-electron chi connectivity index (χ2n) is 10.1. The summed E-state index contributed by atoms with van der Waals surface area (Å²) in [5, 5.41) is 32.4. The van der Waals surface area contributed by atoms with E-state index in [9.17, 15) is 14.0 Å². The molecule has 0 aliphatic rings. The minimum absolute atomic E-state index is 0.0372. The van der Waals surface area contributed by atoms with E-state index in [1.165, 1.54) is 46.4 Å². The topological polar surface area (TPSA) is 115 Å². The van der Waals surface area contributed by atoms with Gasteiger partial charge in [0.1, 0.15) is 12.4 Å². The van der Waals surface area contributed by atoms with Gasteiger partial charge in [0, 0.05) is 37.1 Å². The minimum atomic E-state index is -2.83. The Morgan fingerprint density at radius 1 is 1.10 bits per heavy atom. The van der Waals surface area contributed by atoms with Crippen molar-refractivity contribution in [1.82, 2.24) is 39.8 Å². The first-order chi connectivity index (χ1) is 19.5. The van der Waals surface area contributed by atoms with E-state index in [1.54, 1.807) is 24.4 Å². The number of rotatable bonds is 9. The molecule has 0 bridgehead atoms. The molecule has 15 heteroatoms. The number of nitrogens with zero attached hydrogens (tertiary/aromatic N) is 9. The summed E-state index contributed by atoms with van der Waals surface area (Å²) >= 11 is 6.07. The molecule has 4 heterocycles. The molecule has 0 saturated heterocycles. The number of pyridine rings is 1. The van der Waals surface area contributed by atoms with Crippen molar-refractivity contribution < 1.29 is 22.6 Å². The quantitative estimate of drug-likeness (QED) is 0.176. The Labute approximate surface area is 237 Å². The van der Waals surface area contributed by atoms with Gasteiger partial charge in [0.15, 0.2) is 12.0 Å². The number of aromatic nitrogens is 9. The average molecular weight is 588 g/mol. The maximum Gasteiger partial charge on any atom is 0.333 e. The van der Waals surface area contributed by atoms with Crippen LogP contribution in [-0.2, 0) is 4.74 Å². The summed E-state index contributed by atoms with van der Waals surface area (Å²) in [4.78, 5) is 0. The Morgan fingerprint density at radius 2 is 1.90 bits per heavy atom. The number of hydrogen-bond donors (Lipinski definition) is 0. The molecular weight excluding hydrogens is 563 g/mol. The van der Waals surface area contributed by atoms with Gasteiger partial charge in [0.2, 0.25) is 5.69 Å². The molecule has 0 saturated carbocycles. The van der Waals surface area contributed by atoms with Crippen LogP contribution in [0.3, 0.4) is 0 Å². The summed E-state index contributed by atoms with van der Waals surface area (Å²) in [5.41, 5.74) is 0.967. The summed E-state index contributed by atoms with van der Waals surface area (Å²) in [6.07, 6.45) is 7.12. The largest absolute Gasteiger partial charge is 0.618 e. The maximum atomic E-state index is 15.3. The molecule has 0 amide bonds. The van der Waals surface area contributed by atoms with E-state index in [-0.39, 0.29) is 39.8 Å². The molecular formula is C26H25ClF3N9O2. The van der Waals surface area contributed by atoms with Gasteiger partial charge in [0.05, 0.1) is 39.3 Å². The Hall–Kier alpha value is -4.30. The van der Waals surface area contributed by atoms with Gasteiger partial charge in [-0.05, 0) is 55.5 Å². The second-order valence-corrected chi connectivity index (χ2v) is 10.5. The molecule has 0 radical (unpaired) electrons. The van der Waals surface area contributed by atoms with Crippen molar-refractivity contribution >= 4 is 11.6 Å². The molecule has 0 aliphatic heterocycles. The van der Waals surface area contributed by atoms with Crippen LogP contribution in [0.1, 0.15) is 45.5 Å². The van der Waals surface area contributed by atoms with Crippen molar-refractivity contribution in [3.63, 3.8) is 0 Å². The molecule has 0 fully saturated rings. The van der Waals surface area contributed by atoms with Gasteiger partial charge in [-0.3, -0.25) is 4.68 Å². The summed E-state index contributed by atoms with van der Waals surface area (Å²) < 4.78 is 52.0. The van der Waals surface area contributed by atoms with Crippen LogP contribution in [0.5, 0.6) is 0 Å². The van der Waals surface area contributed by atoms with Crippen molar-refractivity contribution in [2.45, 2.75) is 45.4 Å². The SMILES string of the molecule is CC(C)(C)OCCC(c1ccc(-c2c(-n3cnnn3)ccc(Cl)c2F)c[n+]1[O-])n1cc(-c2ccnn2C(F)F)cn1. The minimum Gasteiger partial charge on any atom is -0.618 e. The van der Waals surface area contributed by atoms with E-state index in [1.807, 2.05) is 20.8 Å². The molecule has 5 rings (SSSR count). The first kappa shape index (κ1) is 28.2. The molecule has 0 N–H and O–H groups in total. The maximum absolute atomic E-state index is 15.3. The van der Waals surface area contributed by atoms with Crippen LogP contribution in [0, 0.1) is 11.0 Å². The Bertz CT molecular complexity index is 1650. The first-order valence-electron chi connectivity index (χ1n) is 12.5. The fourth-order valence-corrected chi connectivity index (χ4v) is 4.57. The van der Waals surface area contributed by atoms with Crippen molar-refractivity contribution in [3.05, 3.63) is 83.2 Å². The third kappa shape index (κ3) is 5.93. The Kier molecular flexibility index (Phi) is 7.78. The fourth-order valence-electron chi connectivity index (χ4n) is 4.41. The average Bonchev–Trinajstić information content (AvgIpc) is 3.69. The molecule has 1 aromatic carbocycles. The highest BCUT2D eigenvalue weighted by atomic mass is 35.5. The molecule has 214 valence electrons. The van der Waals surface area contributed by atoms with Gasteiger partial charge in [-0.25, -0.2) is 9.07 Å². The molecule has 11 nitrogen and oxygen atoms in total. The number of halogens is 4. The van der Waals surface area contributed by atoms with E-state index in [0.29, 0.717) is 21.4 Å². The zero-order valence-corrected chi connectivity index (χ0v) is 23.0. The molecule has 1 unspecified atom stereocenters. The molecule has 0 aliphatic carbocycles. The lowest BCUT2D eigenvalue weighted by molar-refractivity contribution is -0.615. The van der Waals surface area contributed by atoms with E-state index in [4.69, 9.17) is 16.3 Å². The van der Waals surface area contributed by atoms with E-state index >= 15 is 4.39 Å². The molecule has 4 aromatic heterocycles. The smallest absolute Gasteiger partial charge is 0.333 e. The predicted octanol–water partition coefficient (Wildman–Crippen LogP) is 5.00. The molecule has 1 atom stereocenters. The van der Waals surface area contributed by atoms with Gasteiger partial charge in [0.25, 0.3) is 0 Å². The highest BCUT2D eigenvalue weighted by Gasteiger charge is 2.27. The van der Waals surface area contributed by atoms with Gasteiger partial charge in [-0.2, -0.15) is 28.4 Å². The summed E-state index contributed by atoms with van der Waals surface area (Å²) in [6.45, 7) is 3.16. The third-order valence-corrected chi connectivity index (χ3v) is 6.53. The van der Waals surface area contributed by atoms with Gasteiger partial charge < -0.3 is 9.94 Å². The van der Waals surface area contributed by atoms with Crippen molar-refractivity contribution in [2.24, 2.45) is 0 Å². The highest BCUT2D eigenvalue weighted by molar-refractivity contribution is 6.31. The first-order valence-corrected chi connectivity index (χ1v) is 12.9. The van der Waals surface area contributed by atoms with Crippen LogP contribution < -0.4 is 4.73 Å². The van der Waals surface area contributed by atoms with E-state index in [2.05, 4.69) is 25.7 Å². The van der Waals surface area contributed by atoms with Crippen molar-refractivity contribution in [1.29, 1.82) is 0 Å². The van der Waals surface area contributed by atoms with Crippen LogP contribution in [0.2, 0.25) is 5.02 Å². The number of hydrogen-bond acceptors (Lipinski definition) is 7. The van der Waals surface area contributed by atoms with Gasteiger partial charge >= 0.3 is 6.55 Å². The summed E-state index contributed by atoms with van der Waals surface area (Å²) in [6, 6.07) is 6.86. The second kappa shape index (κ2) is 11.3. The normalized spacial score (nSPS) is 12.8. The zero-order chi connectivity index (χ0) is 29.3. The Balaban J connectivity index is 1.55. The number of alkyl halides is 2. The van der Waals surface area contributed by atoms with E-state index in [0.717, 1.165) is 0 Å². The third-order valence-electron chi connectivity index (χ3n) is 6.24. The van der Waals surface area contributed by atoms with Gasteiger partial charge in [-0.15, -0.1) is 5.10 Å². The van der Waals surface area contributed by atoms with Crippen LogP contribution in [0.15, 0.2) is 61.4 Å². The van der Waals surface area contributed by atoms with Crippen LogP contribution in [-0.4, -0.2) is 52.0 Å². The monoisotopic (exact) mass is 587 g/mol. The molecule has 5 aromatic rings. The lowest BCUT2D eigenvalue weighted by atomic mass is 10.0. The van der Waals surface area contributed by atoms with Gasteiger partial charge in [-0.1, -0.05) is 11.6 Å².